The second kappa shape index (κ2) is 6.39. The molecule has 0 atom stereocenters. The van der Waals surface area contributed by atoms with Gasteiger partial charge in [0.05, 0.1) is 28.3 Å². The Morgan fingerprint density at radius 2 is 1.95 bits per heavy atom. The van der Waals surface area contributed by atoms with Crippen molar-refractivity contribution in [2.45, 2.75) is 38.6 Å². The van der Waals surface area contributed by atoms with E-state index in [1.807, 2.05) is 6.92 Å². The molecule has 0 fully saturated rings. The van der Waals surface area contributed by atoms with Crippen LogP contribution in [0.3, 0.4) is 0 Å². The lowest BCUT2D eigenvalue weighted by Crippen LogP contribution is -2.26. The SMILES string of the molecule is Cc1nn(C)c(C)c1S(=O)(=O)NCCCn1ncc(Cl)c1C. The van der Waals surface area contributed by atoms with Gasteiger partial charge in [0, 0.05) is 20.1 Å². The van der Waals surface area contributed by atoms with Gasteiger partial charge in [0.15, 0.2) is 0 Å². The summed E-state index contributed by atoms with van der Waals surface area (Å²) in [6.07, 6.45) is 2.21. The van der Waals surface area contributed by atoms with Crippen molar-refractivity contribution < 1.29 is 8.42 Å². The number of aryl methyl sites for hydroxylation is 3. The fourth-order valence-electron chi connectivity index (χ4n) is 2.30. The van der Waals surface area contributed by atoms with Crippen molar-refractivity contribution in [3.05, 3.63) is 28.3 Å². The molecule has 0 amide bonds. The highest BCUT2D eigenvalue weighted by Gasteiger charge is 2.23. The van der Waals surface area contributed by atoms with Crippen molar-refractivity contribution in [2.75, 3.05) is 6.54 Å². The van der Waals surface area contributed by atoms with Crippen LogP contribution in [0.1, 0.15) is 23.5 Å². The largest absolute Gasteiger partial charge is 0.271 e. The lowest BCUT2D eigenvalue weighted by molar-refractivity contribution is 0.545. The molecule has 0 bridgehead atoms. The average molecular weight is 346 g/mol. The minimum Gasteiger partial charge on any atom is -0.271 e. The Hall–Kier alpha value is -1.38. The van der Waals surface area contributed by atoms with Crippen LogP contribution in [0, 0.1) is 20.8 Å². The number of sulfonamides is 1. The first-order valence-electron chi connectivity index (χ1n) is 6.92. The zero-order valence-electron chi connectivity index (χ0n) is 13.1. The van der Waals surface area contributed by atoms with E-state index in [9.17, 15) is 8.42 Å². The fourth-order valence-corrected chi connectivity index (χ4v) is 3.95. The number of aromatic nitrogens is 4. The first kappa shape index (κ1) is 17.0. The maximum Gasteiger partial charge on any atom is 0.244 e. The molecule has 0 aliphatic rings. The summed E-state index contributed by atoms with van der Waals surface area (Å²) in [5.41, 5.74) is 2.00. The molecule has 2 heterocycles. The summed E-state index contributed by atoms with van der Waals surface area (Å²) < 4.78 is 30.7. The lowest BCUT2D eigenvalue weighted by Gasteiger charge is -2.08. The topological polar surface area (TPSA) is 81.8 Å². The molecule has 2 aromatic heterocycles. The molecule has 2 rings (SSSR count). The standard InChI is InChI=1S/C13H20ClN5O2S/c1-9-13(11(3)18(4)17-9)22(20,21)16-6-5-7-19-10(2)12(14)8-15-19/h8,16H,5-7H2,1-4H3. The van der Waals surface area contributed by atoms with Crippen LogP contribution in [-0.2, 0) is 23.6 Å². The highest BCUT2D eigenvalue weighted by Crippen LogP contribution is 2.18. The van der Waals surface area contributed by atoms with Gasteiger partial charge in [-0.2, -0.15) is 10.2 Å². The van der Waals surface area contributed by atoms with E-state index in [0.29, 0.717) is 35.9 Å². The van der Waals surface area contributed by atoms with Crippen molar-refractivity contribution in [1.29, 1.82) is 0 Å². The smallest absolute Gasteiger partial charge is 0.244 e. The molecular formula is C13H20ClN5O2S. The van der Waals surface area contributed by atoms with Crippen LogP contribution in [0.15, 0.2) is 11.1 Å². The van der Waals surface area contributed by atoms with E-state index in [4.69, 9.17) is 11.6 Å². The normalized spacial score (nSPS) is 12.0. The minimum atomic E-state index is -3.55. The Kier molecular flexibility index (Phi) is 4.93. The number of halogens is 1. The van der Waals surface area contributed by atoms with Gasteiger partial charge in [0.2, 0.25) is 10.0 Å². The second-order valence-corrected chi connectivity index (χ2v) is 7.29. The maximum absolute atomic E-state index is 12.4. The molecule has 2 aromatic rings. The van der Waals surface area contributed by atoms with Crippen LogP contribution >= 0.6 is 11.6 Å². The molecular weight excluding hydrogens is 326 g/mol. The molecule has 7 nitrogen and oxygen atoms in total. The zero-order chi connectivity index (χ0) is 16.5. The van der Waals surface area contributed by atoms with Gasteiger partial charge in [0.25, 0.3) is 0 Å². The number of nitrogens with one attached hydrogen (secondary N) is 1. The van der Waals surface area contributed by atoms with Crippen molar-refractivity contribution in [3.8, 4) is 0 Å². The Bertz CT molecular complexity index is 779. The van der Waals surface area contributed by atoms with Gasteiger partial charge in [-0.05, 0) is 27.2 Å². The van der Waals surface area contributed by atoms with E-state index < -0.39 is 10.0 Å². The molecule has 9 heteroatoms. The van der Waals surface area contributed by atoms with Crippen molar-refractivity contribution in [1.82, 2.24) is 24.3 Å². The Morgan fingerprint density at radius 1 is 1.27 bits per heavy atom. The molecule has 22 heavy (non-hydrogen) atoms. The van der Waals surface area contributed by atoms with Crippen LogP contribution < -0.4 is 4.72 Å². The number of nitrogens with zero attached hydrogens (tertiary/aromatic N) is 4. The second-order valence-electron chi connectivity index (χ2n) is 5.18. The summed E-state index contributed by atoms with van der Waals surface area (Å²) in [5.74, 6) is 0. The Labute approximate surface area is 135 Å². The molecule has 0 aliphatic heterocycles. The van der Waals surface area contributed by atoms with Gasteiger partial charge in [-0.25, -0.2) is 13.1 Å². The number of hydrogen-bond acceptors (Lipinski definition) is 4. The molecule has 0 saturated heterocycles. The van der Waals surface area contributed by atoms with Crippen LogP contribution in [0.4, 0.5) is 0 Å². The predicted octanol–water partition coefficient (Wildman–Crippen LogP) is 1.56. The highest BCUT2D eigenvalue weighted by molar-refractivity contribution is 7.89. The quantitative estimate of drug-likeness (QED) is 0.805. The first-order chi connectivity index (χ1) is 10.2. The van der Waals surface area contributed by atoms with Crippen molar-refractivity contribution in [3.63, 3.8) is 0 Å². The zero-order valence-corrected chi connectivity index (χ0v) is 14.7. The van der Waals surface area contributed by atoms with E-state index in [1.165, 1.54) is 0 Å². The lowest BCUT2D eigenvalue weighted by atomic mass is 10.4. The van der Waals surface area contributed by atoms with Gasteiger partial charge in [-0.1, -0.05) is 11.6 Å². The van der Waals surface area contributed by atoms with E-state index >= 15 is 0 Å². The Morgan fingerprint density at radius 3 is 2.45 bits per heavy atom. The third kappa shape index (κ3) is 3.34. The summed E-state index contributed by atoms with van der Waals surface area (Å²) in [7, 11) is -1.82. The Balaban J connectivity index is 1.97. The van der Waals surface area contributed by atoms with E-state index in [1.54, 1.807) is 36.5 Å². The number of hydrogen-bond donors (Lipinski definition) is 1. The molecule has 122 valence electrons. The van der Waals surface area contributed by atoms with Crippen LogP contribution in [0.25, 0.3) is 0 Å². The summed E-state index contributed by atoms with van der Waals surface area (Å²) in [4.78, 5) is 0.258. The van der Waals surface area contributed by atoms with E-state index in [2.05, 4.69) is 14.9 Å². The summed E-state index contributed by atoms with van der Waals surface area (Å²) in [6.45, 7) is 6.24. The molecule has 0 saturated carbocycles. The molecule has 0 radical (unpaired) electrons. The van der Waals surface area contributed by atoms with Crippen LogP contribution in [0.5, 0.6) is 0 Å². The maximum atomic E-state index is 12.4. The third-order valence-corrected chi connectivity index (χ3v) is 5.68. The van der Waals surface area contributed by atoms with Gasteiger partial charge in [0.1, 0.15) is 4.90 Å². The van der Waals surface area contributed by atoms with Crippen LogP contribution in [0.2, 0.25) is 5.02 Å². The van der Waals surface area contributed by atoms with Gasteiger partial charge < -0.3 is 0 Å². The van der Waals surface area contributed by atoms with Gasteiger partial charge in [-0.3, -0.25) is 9.36 Å². The fraction of sp³-hybridized carbons (Fsp3) is 0.538. The molecule has 0 unspecified atom stereocenters. The molecule has 1 N–H and O–H groups in total. The molecule has 0 spiro atoms. The van der Waals surface area contributed by atoms with Crippen molar-refractivity contribution >= 4 is 21.6 Å². The van der Waals surface area contributed by atoms with Crippen molar-refractivity contribution in [2.24, 2.45) is 7.05 Å². The van der Waals surface area contributed by atoms with Crippen LogP contribution in [-0.4, -0.2) is 34.5 Å². The monoisotopic (exact) mass is 345 g/mol. The van der Waals surface area contributed by atoms with Gasteiger partial charge >= 0.3 is 0 Å². The van der Waals surface area contributed by atoms with E-state index in [0.717, 1.165) is 5.69 Å². The highest BCUT2D eigenvalue weighted by atomic mass is 35.5. The molecule has 0 aromatic carbocycles. The summed E-state index contributed by atoms with van der Waals surface area (Å²) in [5, 5.41) is 8.88. The average Bonchev–Trinajstić information content (AvgIpc) is 2.88. The summed E-state index contributed by atoms with van der Waals surface area (Å²) >= 11 is 5.93. The molecule has 0 aliphatic carbocycles. The first-order valence-corrected chi connectivity index (χ1v) is 8.78. The minimum absolute atomic E-state index is 0.258. The van der Waals surface area contributed by atoms with E-state index in [-0.39, 0.29) is 4.90 Å². The third-order valence-electron chi connectivity index (χ3n) is 3.59. The summed E-state index contributed by atoms with van der Waals surface area (Å²) in [6, 6.07) is 0. The number of rotatable bonds is 6. The predicted molar refractivity (Wildman–Crippen MR) is 84.5 cm³/mol. The van der Waals surface area contributed by atoms with Gasteiger partial charge in [-0.15, -0.1) is 0 Å².